The van der Waals surface area contributed by atoms with E-state index in [4.69, 9.17) is 9.47 Å². The lowest BCUT2D eigenvalue weighted by Gasteiger charge is -2.09. The molecule has 2 aromatic rings. The first-order chi connectivity index (χ1) is 11.2. The smallest absolute Gasteiger partial charge is 0.220 e. The molecule has 23 heavy (non-hydrogen) atoms. The number of carbonyl (C=O) groups excluding carboxylic acids is 1. The summed E-state index contributed by atoms with van der Waals surface area (Å²) in [6.07, 6.45) is 1.16. The van der Waals surface area contributed by atoms with Crippen LogP contribution in [0.15, 0.2) is 48.5 Å². The van der Waals surface area contributed by atoms with Crippen LogP contribution in [-0.2, 0) is 11.3 Å². The van der Waals surface area contributed by atoms with Gasteiger partial charge in [-0.2, -0.15) is 0 Å². The number of aryl methyl sites for hydroxylation is 1. The van der Waals surface area contributed by atoms with Gasteiger partial charge in [-0.05, 0) is 42.7 Å². The molecule has 1 amide bonds. The zero-order valence-corrected chi connectivity index (χ0v) is 13.7. The third-order valence-electron chi connectivity index (χ3n) is 3.55. The predicted octanol–water partition coefficient (Wildman–Crippen LogP) is 3.48. The molecule has 0 aliphatic rings. The average Bonchev–Trinajstić information content (AvgIpc) is 2.59. The highest BCUT2D eigenvalue weighted by Gasteiger charge is 2.03. The lowest BCUT2D eigenvalue weighted by Crippen LogP contribution is -2.22. The minimum atomic E-state index is 0.0363. The van der Waals surface area contributed by atoms with E-state index in [1.54, 1.807) is 7.11 Å². The van der Waals surface area contributed by atoms with Crippen molar-refractivity contribution in [3.63, 3.8) is 0 Å². The van der Waals surface area contributed by atoms with Gasteiger partial charge in [-0.1, -0.05) is 30.3 Å². The van der Waals surface area contributed by atoms with Gasteiger partial charge in [-0.15, -0.1) is 0 Å². The molecule has 0 atom stereocenters. The highest BCUT2D eigenvalue weighted by molar-refractivity contribution is 5.75. The number of benzene rings is 2. The van der Waals surface area contributed by atoms with Gasteiger partial charge < -0.3 is 14.8 Å². The Morgan fingerprint density at radius 2 is 1.83 bits per heavy atom. The lowest BCUT2D eigenvalue weighted by molar-refractivity contribution is -0.121. The Hall–Kier alpha value is -2.49. The second-order valence-corrected chi connectivity index (χ2v) is 5.34. The van der Waals surface area contributed by atoms with Crippen molar-refractivity contribution in [2.45, 2.75) is 26.3 Å². The van der Waals surface area contributed by atoms with Gasteiger partial charge in [-0.3, -0.25) is 4.79 Å². The van der Waals surface area contributed by atoms with Gasteiger partial charge in [0.1, 0.15) is 11.5 Å². The lowest BCUT2D eigenvalue weighted by atomic mass is 10.2. The normalized spacial score (nSPS) is 10.2. The summed E-state index contributed by atoms with van der Waals surface area (Å²) < 4.78 is 10.8. The zero-order valence-electron chi connectivity index (χ0n) is 13.7. The number of methoxy groups -OCH3 is 1. The van der Waals surface area contributed by atoms with Gasteiger partial charge in [0.2, 0.25) is 5.91 Å². The molecule has 1 N–H and O–H groups in total. The van der Waals surface area contributed by atoms with Crippen molar-refractivity contribution in [1.82, 2.24) is 5.32 Å². The SMILES string of the molecule is COc1ccc(CNC(=O)CCCOc2ccccc2C)cc1. The summed E-state index contributed by atoms with van der Waals surface area (Å²) in [7, 11) is 1.63. The van der Waals surface area contributed by atoms with Gasteiger partial charge in [0.15, 0.2) is 0 Å². The molecule has 4 heteroatoms. The minimum Gasteiger partial charge on any atom is -0.497 e. The van der Waals surface area contributed by atoms with Gasteiger partial charge in [0.25, 0.3) is 0 Å². The Kier molecular flexibility index (Phi) is 6.48. The molecule has 2 aromatic carbocycles. The first-order valence-corrected chi connectivity index (χ1v) is 7.77. The topological polar surface area (TPSA) is 47.6 Å². The van der Waals surface area contributed by atoms with E-state index in [1.807, 2.05) is 55.5 Å². The van der Waals surface area contributed by atoms with Crippen molar-refractivity contribution < 1.29 is 14.3 Å². The van der Waals surface area contributed by atoms with Crippen molar-refractivity contribution in [2.75, 3.05) is 13.7 Å². The van der Waals surface area contributed by atoms with Crippen LogP contribution in [0, 0.1) is 6.92 Å². The largest absolute Gasteiger partial charge is 0.497 e. The number of nitrogens with one attached hydrogen (secondary N) is 1. The number of amides is 1. The summed E-state index contributed by atoms with van der Waals surface area (Å²) in [6.45, 7) is 3.08. The van der Waals surface area contributed by atoms with Crippen molar-refractivity contribution >= 4 is 5.91 Å². The highest BCUT2D eigenvalue weighted by Crippen LogP contribution is 2.16. The van der Waals surface area contributed by atoms with E-state index in [1.165, 1.54) is 0 Å². The molecule has 122 valence electrons. The van der Waals surface area contributed by atoms with Crippen LogP contribution in [0.3, 0.4) is 0 Å². The monoisotopic (exact) mass is 313 g/mol. The standard InChI is InChI=1S/C19H23NO3/c1-15-6-3-4-7-18(15)23-13-5-8-19(21)20-14-16-9-11-17(22-2)12-10-16/h3-4,6-7,9-12H,5,8,13-14H2,1-2H3,(H,20,21). The average molecular weight is 313 g/mol. The fourth-order valence-corrected chi connectivity index (χ4v) is 2.17. The van der Waals surface area contributed by atoms with Gasteiger partial charge in [0.05, 0.1) is 13.7 Å². The van der Waals surface area contributed by atoms with Crippen molar-refractivity contribution in [3.8, 4) is 11.5 Å². The Morgan fingerprint density at radius 3 is 2.52 bits per heavy atom. The van der Waals surface area contributed by atoms with E-state index in [-0.39, 0.29) is 5.91 Å². The van der Waals surface area contributed by atoms with E-state index >= 15 is 0 Å². The highest BCUT2D eigenvalue weighted by atomic mass is 16.5. The van der Waals surface area contributed by atoms with Crippen LogP contribution < -0.4 is 14.8 Å². The summed E-state index contributed by atoms with van der Waals surface area (Å²) >= 11 is 0. The quantitative estimate of drug-likeness (QED) is 0.759. The van der Waals surface area contributed by atoms with E-state index in [0.717, 1.165) is 22.6 Å². The number of rotatable bonds is 8. The molecular formula is C19H23NO3. The Morgan fingerprint density at radius 1 is 1.09 bits per heavy atom. The number of hydrogen-bond donors (Lipinski definition) is 1. The summed E-state index contributed by atoms with van der Waals surface area (Å²) in [6, 6.07) is 15.5. The summed E-state index contributed by atoms with van der Waals surface area (Å²) in [4.78, 5) is 11.8. The van der Waals surface area contributed by atoms with Crippen LogP contribution in [0.25, 0.3) is 0 Å². The third-order valence-corrected chi connectivity index (χ3v) is 3.55. The first-order valence-electron chi connectivity index (χ1n) is 7.77. The Bertz CT molecular complexity index is 623. The molecule has 0 heterocycles. The molecule has 2 rings (SSSR count). The molecule has 0 spiro atoms. The molecule has 0 aliphatic carbocycles. The summed E-state index contributed by atoms with van der Waals surface area (Å²) in [5.41, 5.74) is 2.16. The Labute approximate surface area is 137 Å². The maximum absolute atomic E-state index is 11.8. The Balaban J connectivity index is 1.64. The summed E-state index contributed by atoms with van der Waals surface area (Å²) in [5, 5.41) is 2.91. The molecule has 0 bridgehead atoms. The molecule has 0 saturated heterocycles. The van der Waals surface area contributed by atoms with Crippen LogP contribution in [-0.4, -0.2) is 19.6 Å². The number of hydrogen-bond acceptors (Lipinski definition) is 3. The van der Waals surface area contributed by atoms with Crippen LogP contribution >= 0.6 is 0 Å². The van der Waals surface area contributed by atoms with Gasteiger partial charge >= 0.3 is 0 Å². The predicted molar refractivity (Wildman–Crippen MR) is 90.7 cm³/mol. The van der Waals surface area contributed by atoms with Crippen LogP contribution in [0.1, 0.15) is 24.0 Å². The van der Waals surface area contributed by atoms with Gasteiger partial charge in [0, 0.05) is 13.0 Å². The maximum atomic E-state index is 11.8. The van der Waals surface area contributed by atoms with Crippen molar-refractivity contribution in [2.24, 2.45) is 0 Å². The first kappa shape index (κ1) is 16.9. The molecule has 0 unspecified atom stereocenters. The molecule has 0 fully saturated rings. The zero-order chi connectivity index (χ0) is 16.5. The molecule has 0 aliphatic heterocycles. The molecule has 4 nitrogen and oxygen atoms in total. The number of ether oxygens (including phenoxy) is 2. The molecule has 0 saturated carbocycles. The molecule has 0 aromatic heterocycles. The van der Waals surface area contributed by atoms with E-state index in [0.29, 0.717) is 26.0 Å². The fourth-order valence-electron chi connectivity index (χ4n) is 2.17. The third kappa shape index (κ3) is 5.66. The summed E-state index contributed by atoms with van der Waals surface area (Å²) in [5.74, 6) is 1.73. The number of para-hydroxylation sites is 1. The van der Waals surface area contributed by atoms with E-state index in [2.05, 4.69) is 5.32 Å². The molecule has 0 radical (unpaired) electrons. The van der Waals surface area contributed by atoms with Crippen LogP contribution in [0.4, 0.5) is 0 Å². The van der Waals surface area contributed by atoms with Crippen molar-refractivity contribution in [3.05, 3.63) is 59.7 Å². The minimum absolute atomic E-state index is 0.0363. The van der Waals surface area contributed by atoms with E-state index in [9.17, 15) is 4.79 Å². The van der Waals surface area contributed by atoms with E-state index < -0.39 is 0 Å². The second kappa shape index (κ2) is 8.83. The van der Waals surface area contributed by atoms with Crippen LogP contribution in [0.5, 0.6) is 11.5 Å². The van der Waals surface area contributed by atoms with Crippen molar-refractivity contribution in [1.29, 1.82) is 0 Å². The maximum Gasteiger partial charge on any atom is 0.220 e. The second-order valence-electron chi connectivity index (χ2n) is 5.34. The van der Waals surface area contributed by atoms with Crippen LogP contribution in [0.2, 0.25) is 0 Å². The fraction of sp³-hybridized carbons (Fsp3) is 0.316. The molecular weight excluding hydrogens is 290 g/mol. The van der Waals surface area contributed by atoms with Gasteiger partial charge in [-0.25, -0.2) is 0 Å². The number of carbonyl (C=O) groups is 1.